The molecule has 2 amide bonds. The molecule has 0 saturated carbocycles. The van der Waals surface area contributed by atoms with Crippen molar-refractivity contribution in [1.82, 2.24) is 15.2 Å². The van der Waals surface area contributed by atoms with Gasteiger partial charge in [0, 0.05) is 49.4 Å². The number of benzene rings is 1. The van der Waals surface area contributed by atoms with E-state index in [1.54, 1.807) is 4.90 Å². The highest BCUT2D eigenvalue weighted by Gasteiger charge is 2.27. The minimum absolute atomic E-state index is 0.0155. The number of hydrogen-bond donors (Lipinski definition) is 3. The Morgan fingerprint density at radius 3 is 2.66 bits per heavy atom. The molecule has 2 saturated heterocycles. The van der Waals surface area contributed by atoms with Crippen molar-refractivity contribution in [1.29, 1.82) is 0 Å². The van der Waals surface area contributed by atoms with Crippen LogP contribution in [0.1, 0.15) is 10.5 Å². The van der Waals surface area contributed by atoms with Gasteiger partial charge in [-0.3, -0.25) is 4.79 Å². The van der Waals surface area contributed by atoms with Gasteiger partial charge in [-0.2, -0.15) is 4.98 Å². The number of aromatic nitrogens is 1. The summed E-state index contributed by atoms with van der Waals surface area (Å²) < 4.78 is 11.0. The fraction of sp³-hybridized carbons (Fsp3) is 0.389. The smallest absolute Gasteiger partial charge is 0.410 e. The number of oxazole rings is 1. The summed E-state index contributed by atoms with van der Waals surface area (Å²) in [6, 6.07) is 5.64. The minimum atomic E-state index is -0.415. The second kappa shape index (κ2) is 8.29. The highest BCUT2D eigenvalue weighted by atomic mass is 79.9. The van der Waals surface area contributed by atoms with Crippen LogP contribution in [0, 0.1) is 0 Å². The molecule has 29 heavy (non-hydrogen) atoms. The van der Waals surface area contributed by atoms with Crippen molar-refractivity contribution in [3.05, 3.63) is 34.6 Å². The maximum atomic E-state index is 12.3. The number of rotatable bonds is 4. The number of carbonyl (C=O) groups is 2. The first kappa shape index (κ1) is 19.5. The first-order valence-electron chi connectivity index (χ1n) is 9.23. The Balaban J connectivity index is 1.37. The molecule has 4 N–H and O–H groups in total. The summed E-state index contributed by atoms with van der Waals surface area (Å²) in [5, 5.41) is 5.88. The van der Waals surface area contributed by atoms with Gasteiger partial charge in [0.1, 0.15) is 12.4 Å². The van der Waals surface area contributed by atoms with Gasteiger partial charge < -0.3 is 35.3 Å². The molecule has 0 radical (unpaired) electrons. The van der Waals surface area contributed by atoms with Gasteiger partial charge in [-0.1, -0.05) is 0 Å². The van der Waals surface area contributed by atoms with Crippen LogP contribution in [0.15, 0.2) is 33.4 Å². The summed E-state index contributed by atoms with van der Waals surface area (Å²) in [4.78, 5) is 32.2. The molecular formula is C18H21BrN6O4. The highest BCUT2D eigenvalue weighted by Crippen LogP contribution is 2.29. The lowest BCUT2D eigenvalue weighted by Crippen LogP contribution is -2.54. The van der Waals surface area contributed by atoms with E-state index in [9.17, 15) is 9.59 Å². The van der Waals surface area contributed by atoms with Gasteiger partial charge in [0.15, 0.2) is 5.69 Å². The van der Waals surface area contributed by atoms with E-state index in [0.717, 1.165) is 23.2 Å². The Labute approximate surface area is 175 Å². The second-order valence-corrected chi connectivity index (χ2v) is 7.68. The fourth-order valence-corrected chi connectivity index (χ4v) is 3.44. The van der Waals surface area contributed by atoms with E-state index in [1.807, 2.05) is 18.2 Å². The molecule has 10 nitrogen and oxygen atoms in total. The van der Waals surface area contributed by atoms with E-state index in [2.05, 4.69) is 36.4 Å². The van der Waals surface area contributed by atoms with E-state index in [0.29, 0.717) is 31.9 Å². The Kier molecular flexibility index (Phi) is 5.58. The summed E-state index contributed by atoms with van der Waals surface area (Å²) in [6.45, 7) is 3.95. The molecule has 0 bridgehead atoms. The predicted octanol–water partition coefficient (Wildman–Crippen LogP) is 1.50. The van der Waals surface area contributed by atoms with Gasteiger partial charge in [-0.15, -0.1) is 0 Å². The highest BCUT2D eigenvalue weighted by molar-refractivity contribution is 9.10. The zero-order chi connectivity index (χ0) is 20.4. The predicted molar refractivity (Wildman–Crippen MR) is 110 cm³/mol. The maximum absolute atomic E-state index is 12.3. The molecular weight excluding hydrogens is 444 g/mol. The molecule has 1 aromatic carbocycles. The van der Waals surface area contributed by atoms with Crippen molar-refractivity contribution >= 4 is 45.3 Å². The van der Waals surface area contributed by atoms with E-state index < -0.39 is 5.91 Å². The maximum Gasteiger partial charge on any atom is 0.410 e. The third-order valence-corrected chi connectivity index (χ3v) is 5.56. The normalized spacial score (nSPS) is 17.0. The Bertz CT molecular complexity index is 908. The SMILES string of the molecule is Nc1nc(C(=O)Nc2cc(N3CCN(C(=O)OC4CNC4)CC3)ccc2Br)co1. The lowest BCUT2D eigenvalue weighted by molar-refractivity contribution is 0.0380. The number of nitrogens with one attached hydrogen (secondary N) is 2. The number of anilines is 3. The lowest BCUT2D eigenvalue weighted by atomic mass is 10.2. The zero-order valence-electron chi connectivity index (χ0n) is 15.6. The molecule has 2 aromatic rings. The average Bonchev–Trinajstić information content (AvgIpc) is 3.13. The molecule has 3 heterocycles. The van der Waals surface area contributed by atoms with Gasteiger partial charge in [0.25, 0.3) is 11.9 Å². The number of hydrogen-bond acceptors (Lipinski definition) is 8. The zero-order valence-corrected chi connectivity index (χ0v) is 17.1. The van der Waals surface area contributed by atoms with E-state index in [-0.39, 0.29) is 23.9 Å². The molecule has 2 aliphatic rings. The molecule has 154 valence electrons. The average molecular weight is 465 g/mol. The van der Waals surface area contributed by atoms with Crippen LogP contribution in [0.4, 0.5) is 22.2 Å². The van der Waals surface area contributed by atoms with Crippen molar-refractivity contribution in [2.75, 3.05) is 55.2 Å². The number of nitrogens with two attached hydrogens (primary N) is 1. The van der Waals surface area contributed by atoms with E-state index in [4.69, 9.17) is 14.9 Å². The Hall–Kier alpha value is -2.79. The molecule has 0 unspecified atom stereocenters. The number of nitrogen functional groups attached to an aromatic ring is 1. The monoisotopic (exact) mass is 464 g/mol. The summed E-state index contributed by atoms with van der Waals surface area (Å²) in [6.07, 6.45) is 0.936. The Morgan fingerprint density at radius 2 is 2.03 bits per heavy atom. The topological polar surface area (TPSA) is 126 Å². The lowest BCUT2D eigenvalue weighted by Gasteiger charge is -2.37. The summed E-state index contributed by atoms with van der Waals surface area (Å²) in [5.74, 6) is -0.415. The molecule has 2 fully saturated rings. The van der Waals surface area contributed by atoms with Gasteiger partial charge in [0.05, 0.1) is 5.69 Å². The third-order valence-electron chi connectivity index (χ3n) is 4.87. The van der Waals surface area contributed by atoms with Crippen LogP contribution < -0.4 is 21.3 Å². The summed E-state index contributed by atoms with van der Waals surface area (Å²) in [5.41, 5.74) is 7.07. The number of carbonyl (C=O) groups excluding carboxylic acids is 2. The van der Waals surface area contributed by atoms with Gasteiger partial charge in [-0.25, -0.2) is 4.79 Å². The van der Waals surface area contributed by atoms with Crippen LogP contribution in [0.5, 0.6) is 0 Å². The molecule has 1 aromatic heterocycles. The first-order valence-corrected chi connectivity index (χ1v) is 10.0. The quantitative estimate of drug-likeness (QED) is 0.621. The van der Waals surface area contributed by atoms with Crippen molar-refractivity contribution in [3.8, 4) is 0 Å². The molecule has 11 heteroatoms. The fourth-order valence-electron chi connectivity index (χ4n) is 3.09. The molecule has 0 aliphatic carbocycles. The van der Waals surface area contributed by atoms with Crippen LogP contribution in [-0.2, 0) is 4.74 Å². The second-order valence-electron chi connectivity index (χ2n) is 6.83. The van der Waals surface area contributed by atoms with Crippen molar-refractivity contribution in [2.45, 2.75) is 6.10 Å². The van der Waals surface area contributed by atoms with Crippen LogP contribution in [-0.4, -0.2) is 67.3 Å². The molecule has 2 aliphatic heterocycles. The van der Waals surface area contributed by atoms with Gasteiger partial charge in [-0.05, 0) is 34.1 Å². The van der Waals surface area contributed by atoms with Crippen LogP contribution in [0.2, 0.25) is 0 Å². The standard InChI is InChI=1S/C18H21BrN6O4/c19-13-2-1-11(7-14(13)22-16(26)15-10-28-17(20)23-15)24-3-5-25(6-4-24)18(27)29-12-8-21-9-12/h1-2,7,10,12,21H,3-6,8-9H2,(H2,20,23)(H,22,26). The van der Waals surface area contributed by atoms with E-state index >= 15 is 0 Å². The molecule has 0 atom stereocenters. The van der Waals surface area contributed by atoms with Crippen molar-refractivity contribution in [3.63, 3.8) is 0 Å². The van der Waals surface area contributed by atoms with Crippen molar-refractivity contribution < 1.29 is 18.7 Å². The van der Waals surface area contributed by atoms with Crippen molar-refractivity contribution in [2.24, 2.45) is 0 Å². The number of ether oxygens (including phenoxy) is 1. The molecule has 4 rings (SSSR count). The minimum Gasteiger partial charge on any atom is -0.443 e. The van der Waals surface area contributed by atoms with Crippen LogP contribution in [0.25, 0.3) is 0 Å². The van der Waals surface area contributed by atoms with Gasteiger partial charge >= 0.3 is 6.09 Å². The summed E-state index contributed by atoms with van der Waals surface area (Å²) in [7, 11) is 0. The number of halogens is 1. The Morgan fingerprint density at radius 1 is 1.28 bits per heavy atom. The van der Waals surface area contributed by atoms with Gasteiger partial charge in [0.2, 0.25) is 0 Å². The molecule has 0 spiro atoms. The largest absolute Gasteiger partial charge is 0.443 e. The van der Waals surface area contributed by atoms with E-state index in [1.165, 1.54) is 6.26 Å². The number of amides is 2. The number of piperazine rings is 1. The van der Waals surface area contributed by atoms with Crippen LogP contribution >= 0.6 is 15.9 Å². The third kappa shape index (κ3) is 4.46. The summed E-state index contributed by atoms with van der Waals surface area (Å²) >= 11 is 3.45. The number of nitrogens with zero attached hydrogens (tertiary/aromatic N) is 3. The van der Waals surface area contributed by atoms with Crippen LogP contribution in [0.3, 0.4) is 0 Å². The first-order chi connectivity index (χ1) is 14.0.